The number of hydrogen-bond acceptors (Lipinski definition) is 0. The Hall–Kier alpha value is -5.46. The summed E-state index contributed by atoms with van der Waals surface area (Å²) >= 11 is 0. The van der Waals surface area contributed by atoms with Gasteiger partial charge in [-0.2, -0.15) is 0 Å². The van der Waals surface area contributed by atoms with Gasteiger partial charge in [0.2, 0.25) is 0 Å². The van der Waals surface area contributed by atoms with Crippen LogP contribution in [0.4, 0.5) is 0 Å². The smallest absolute Gasteiger partial charge is 0.0622 e. The molecule has 0 aliphatic heterocycles. The van der Waals surface area contributed by atoms with Crippen LogP contribution in [0.2, 0.25) is 0 Å². The number of fused-ring (bicyclic) bond motifs is 3. The quantitative estimate of drug-likeness (QED) is 0.191. The zero-order valence-electron chi connectivity index (χ0n) is 40.7. The first-order valence-electron chi connectivity index (χ1n) is 22.5. The molecule has 0 bridgehead atoms. The zero-order valence-corrected chi connectivity index (χ0v) is 21.7. The minimum absolute atomic E-state index is 0.120. The SMILES string of the molecule is [2H]c1c([2H])c(-c2c3c([2H])c([2H])c([2H])c([2H])c3c(-c3c([2H])c([2H])c([2H])c4c([2H])c([2H])c([2H])c([2H])c34)c3c([2H])c([2H])c([2H])c([2H])c23)c([2H])c([2H])c1-c1ccc(-c2ccccc2)cc1. The molecule has 0 radical (unpaired) electrons. The van der Waals surface area contributed by atoms with Gasteiger partial charge in [-0.15, -0.1) is 0 Å². The van der Waals surface area contributed by atoms with Crippen LogP contribution in [0.1, 0.15) is 26.0 Å². The van der Waals surface area contributed by atoms with E-state index in [-0.39, 0.29) is 5.56 Å². The minimum Gasteiger partial charge on any atom is -0.0622 e. The normalized spacial score (nSPS) is 17.7. The second kappa shape index (κ2) is 10.2. The number of hydrogen-bond donors (Lipinski definition) is 0. The summed E-state index contributed by atoms with van der Waals surface area (Å²) < 4.78 is 170. The van der Waals surface area contributed by atoms with E-state index in [4.69, 9.17) is 13.7 Å². The molecule has 0 amide bonds. The van der Waals surface area contributed by atoms with Crippen LogP contribution < -0.4 is 0 Å². The molecular formula is C42H28. The molecular weight excluding hydrogens is 504 g/mol. The van der Waals surface area contributed by atoms with Crippen molar-refractivity contribution >= 4 is 32.3 Å². The van der Waals surface area contributed by atoms with Gasteiger partial charge in [0.05, 0.1) is 26.0 Å². The lowest BCUT2D eigenvalue weighted by Crippen LogP contribution is -1.91. The molecule has 196 valence electrons. The Morgan fingerprint density at radius 3 is 1.38 bits per heavy atom. The van der Waals surface area contributed by atoms with Crippen LogP contribution in [0, 0.1) is 0 Å². The standard InChI is InChI=1S/C42H28/c1-2-11-29(12-3-1)30-21-23-31(24-22-30)32-25-27-34(28-26-32)41-37-16-6-8-18-39(37)42(40-19-9-7-17-38(40)41)36-20-10-14-33-13-4-5-15-35(33)36/h1-28H/i4D,5D,6D,7D,8D,9D,10D,13D,14D,15D,16D,17D,18D,19D,20D,25D,26D,27D,28D. The summed E-state index contributed by atoms with van der Waals surface area (Å²) in [5.74, 6) is 0. The van der Waals surface area contributed by atoms with Gasteiger partial charge in [0.15, 0.2) is 0 Å². The Morgan fingerprint density at radius 2 is 0.762 bits per heavy atom. The molecule has 0 heterocycles. The molecule has 0 heteroatoms. The summed E-state index contributed by atoms with van der Waals surface area (Å²) in [6.07, 6.45) is 0. The molecule has 0 saturated heterocycles. The highest BCUT2D eigenvalue weighted by Crippen LogP contribution is 2.45. The highest BCUT2D eigenvalue weighted by Gasteiger charge is 2.17. The van der Waals surface area contributed by atoms with Crippen LogP contribution in [-0.4, -0.2) is 0 Å². The zero-order chi connectivity index (χ0) is 44.4. The van der Waals surface area contributed by atoms with E-state index in [9.17, 15) is 12.3 Å². The first kappa shape index (κ1) is 11.8. The van der Waals surface area contributed by atoms with E-state index in [1.54, 1.807) is 24.3 Å². The maximum atomic E-state index is 9.40. The molecule has 0 saturated carbocycles. The predicted octanol–water partition coefficient (Wildman–Crippen LogP) is 11.8. The minimum atomic E-state index is -0.861. The Morgan fingerprint density at radius 1 is 0.310 bits per heavy atom. The van der Waals surface area contributed by atoms with Gasteiger partial charge < -0.3 is 0 Å². The van der Waals surface area contributed by atoms with Crippen LogP contribution in [0.5, 0.6) is 0 Å². The lowest BCUT2D eigenvalue weighted by atomic mass is 9.84. The van der Waals surface area contributed by atoms with Crippen molar-refractivity contribution in [2.75, 3.05) is 0 Å². The lowest BCUT2D eigenvalue weighted by molar-refractivity contribution is 1.59. The van der Waals surface area contributed by atoms with Crippen molar-refractivity contribution in [2.45, 2.75) is 0 Å². The monoisotopic (exact) mass is 551 g/mol. The topological polar surface area (TPSA) is 0 Å². The molecule has 8 aromatic carbocycles. The second-order valence-corrected chi connectivity index (χ2v) is 9.44. The van der Waals surface area contributed by atoms with Crippen molar-refractivity contribution in [3.05, 3.63) is 169 Å². The average Bonchev–Trinajstić information content (AvgIpc) is 3.25. The fourth-order valence-corrected chi connectivity index (χ4v) is 5.17. The van der Waals surface area contributed by atoms with Gasteiger partial charge in [-0.1, -0.05) is 169 Å². The Bertz CT molecular complexity index is 3150. The summed E-state index contributed by atoms with van der Waals surface area (Å²) in [4.78, 5) is 0. The summed E-state index contributed by atoms with van der Waals surface area (Å²) in [6, 6.07) is 1.13. The summed E-state index contributed by atoms with van der Waals surface area (Å²) in [6.45, 7) is 0. The van der Waals surface area contributed by atoms with Crippen LogP contribution in [0.15, 0.2) is 169 Å². The van der Waals surface area contributed by atoms with E-state index in [0.29, 0.717) is 5.56 Å². The van der Waals surface area contributed by atoms with E-state index in [0.717, 1.165) is 11.1 Å². The molecule has 0 nitrogen and oxygen atoms in total. The molecule has 42 heavy (non-hydrogen) atoms. The third-order valence-corrected chi connectivity index (χ3v) is 7.09. The van der Waals surface area contributed by atoms with Crippen molar-refractivity contribution in [3.63, 3.8) is 0 Å². The third kappa shape index (κ3) is 4.08. The van der Waals surface area contributed by atoms with Crippen molar-refractivity contribution in [3.8, 4) is 44.5 Å². The van der Waals surface area contributed by atoms with Gasteiger partial charge in [0, 0.05) is 0 Å². The summed E-state index contributed by atoms with van der Waals surface area (Å²) in [7, 11) is 0. The van der Waals surface area contributed by atoms with Crippen LogP contribution in [-0.2, 0) is 0 Å². The van der Waals surface area contributed by atoms with Crippen LogP contribution in [0.25, 0.3) is 76.8 Å². The predicted molar refractivity (Wildman–Crippen MR) is 181 cm³/mol. The number of benzene rings is 8. The van der Waals surface area contributed by atoms with E-state index in [1.165, 1.54) is 0 Å². The number of rotatable bonds is 4. The van der Waals surface area contributed by atoms with Gasteiger partial charge in [0.1, 0.15) is 0 Å². The molecule has 0 aromatic heterocycles. The first-order valence-corrected chi connectivity index (χ1v) is 13.0. The molecule has 0 unspecified atom stereocenters. The molecule has 0 aliphatic carbocycles. The van der Waals surface area contributed by atoms with E-state index in [2.05, 4.69) is 0 Å². The van der Waals surface area contributed by atoms with Gasteiger partial charge in [-0.05, 0) is 76.8 Å². The average molecular weight is 552 g/mol. The van der Waals surface area contributed by atoms with Gasteiger partial charge >= 0.3 is 0 Å². The Balaban J connectivity index is 1.63. The molecule has 8 rings (SSSR count). The van der Waals surface area contributed by atoms with Crippen LogP contribution >= 0.6 is 0 Å². The highest BCUT2D eigenvalue weighted by atomic mass is 14.2. The molecule has 0 fully saturated rings. The maximum absolute atomic E-state index is 9.40. The van der Waals surface area contributed by atoms with Crippen molar-refractivity contribution in [1.82, 2.24) is 0 Å². The fourth-order valence-electron chi connectivity index (χ4n) is 5.17. The summed E-state index contributed by atoms with van der Waals surface area (Å²) in [5, 5.41) is -3.27. The molecule has 0 atom stereocenters. The van der Waals surface area contributed by atoms with Gasteiger partial charge in [-0.3, -0.25) is 0 Å². The Labute approximate surface area is 272 Å². The van der Waals surface area contributed by atoms with E-state index in [1.807, 2.05) is 30.3 Å². The molecule has 0 N–H and O–H groups in total. The maximum Gasteiger partial charge on any atom is 0.0629 e. The van der Waals surface area contributed by atoms with Gasteiger partial charge in [0.25, 0.3) is 0 Å². The molecule has 8 aromatic rings. The van der Waals surface area contributed by atoms with E-state index < -0.39 is 169 Å². The molecule has 0 spiro atoms. The van der Waals surface area contributed by atoms with Gasteiger partial charge in [-0.25, -0.2) is 0 Å². The van der Waals surface area contributed by atoms with Crippen molar-refractivity contribution in [2.24, 2.45) is 0 Å². The van der Waals surface area contributed by atoms with Crippen LogP contribution in [0.3, 0.4) is 0 Å². The lowest BCUT2D eigenvalue weighted by Gasteiger charge is -2.19. The Kier molecular flexibility index (Phi) is 2.86. The largest absolute Gasteiger partial charge is 0.0629 e. The van der Waals surface area contributed by atoms with Crippen molar-refractivity contribution in [1.29, 1.82) is 0 Å². The fraction of sp³-hybridized carbons (Fsp3) is 0. The first-order chi connectivity index (χ1) is 28.8. The van der Waals surface area contributed by atoms with E-state index >= 15 is 0 Å². The van der Waals surface area contributed by atoms with Crippen molar-refractivity contribution < 1.29 is 26.0 Å². The molecule has 0 aliphatic rings. The summed E-state index contributed by atoms with van der Waals surface area (Å²) in [5.41, 5.74) is -0.341. The second-order valence-electron chi connectivity index (χ2n) is 9.44. The third-order valence-electron chi connectivity index (χ3n) is 7.09. The highest BCUT2D eigenvalue weighted by molar-refractivity contribution is 6.23.